The van der Waals surface area contributed by atoms with Gasteiger partial charge in [0.1, 0.15) is 17.3 Å². The summed E-state index contributed by atoms with van der Waals surface area (Å²) in [5, 5.41) is 26.4. The molecule has 4 atom stereocenters. The average molecular weight is 553 g/mol. The van der Waals surface area contributed by atoms with Crippen LogP contribution in [0.1, 0.15) is 41.7 Å². The lowest BCUT2D eigenvalue weighted by atomic mass is 9.91. The highest BCUT2D eigenvalue weighted by molar-refractivity contribution is 8.00. The van der Waals surface area contributed by atoms with Crippen molar-refractivity contribution in [1.29, 1.82) is 0 Å². The molecule has 0 aliphatic carbocycles. The number of benzene rings is 1. The molecule has 4 N–H and O–H groups in total. The topological polar surface area (TPSA) is 143 Å². The van der Waals surface area contributed by atoms with Crippen LogP contribution in [0.15, 0.2) is 47.5 Å². The van der Waals surface area contributed by atoms with Crippen molar-refractivity contribution < 1.29 is 29.3 Å². The maximum atomic E-state index is 13.1. The van der Waals surface area contributed by atoms with E-state index in [-0.39, 0.29) is 42.7 Å². The Morgan fingerprint density at radius 3 is 3.00 bits per heavy atom. The molecule has 1 aromatic carbocycles. The number of aromatic nitrogens is 2. The molecule has 2 amide bonds. The fourth-order valence-electron chi connectivity index (χ4n) is 5.07. The van der Waals surface area contributed by atoms with E-state index in [0.717, 1.165) is 40.6 Å². The molecule has 3 aromatic rings. The number of ether oxygens (including phenoxy) is 2. The van der Waals surface area contributed by atoms with E-state index in [9.17, 15) is 19.8 Å². The second-order valence-electron chi connectivity index (χ2n) is 9.80. The summed E-state index contributed by atoms with van der Waals surface area (Å²) in [5.41, 5.74) is 2.24. The Balaban J connectivity index is 1.25. The summed E-state index contributed by atoms with van der Waals surface area (Å²) in [4.78, 5) is 34.4. The van der Waals surface area contributed by atoms with Gasteiger partial charge in [0.25, 0.3) is 5.91 Å². The Labute approximate surface area is 230 Å². The highest BCUT2D eigenvalue weighted by atomic mass is 32.2. The molecule has 2 aromatic heterocycles. The van der Waals surface area contributed by atoms with Crippen molar-refractivity contribution in [3.05, 3.63) is 53.9 Å². The van der Waals surface area contributed by atoms with E-state index >= 15 is 0 Å². The van der Waals surface area contributed by atoms with Crippen LogP contribution in [0.5, 0.6) is 5.75 Å². The van der Waals surface area contributed by atoms with Gasteiger partial charge in [0.05, 0.1) is 60.4 Å². The largest absolute Gasteiger partial charge is 0.495 e. The molecule has 5 rings (SSSR count). The van der Waals surface area contributed by atoms with Crippen LogP contribution in [-0.4, -0.2) is 75.8 Å². The predicted octanol–water partition coefficient (Wildman–Crippen LogP) is 2.70. The number of amides is 2. The number of fused-ring (bicyclic) bond motifs is 2. The minimum Gasteiger partial charge on any atom is -0.495 e. The summed E-state index contributed by atoms with van der Waals surface area (Å²) in [6, 6.07) is 11.1. The molecule has 0 saturated carbocycles. The second kappa shape index (κ2) is 12.3. The van der Waals surface area contributed by atoms with Gasteiger partial charge < -0.3 is 30.3 Å². The van der Waals surface area contributed by atoms with Gasteiger partial charge in [0.2, 0.25) is 5.91 Å². The van der Waals surface area contributed by atoms with Crippen LogP contribution >= 0.6 is 11.8 Å². The van der Waals surface area contributed by atoms with Crippen molar-refractivity contribution in [3.8, 4) is 5.75 Å². The van der Waals surface area contributed by atoms with E-state index in [2.05, 4.69) is 26.7 Å². The van der Waals surface area contributed by atoms with Crippen LogP contribution in [-0.2, 0) is 16.0 Å². The van der Waals surface area contributed by atoms with Gasteiger partial charge in [-0.2, -0.15) is 0 Å². The molecule has 0 bridgehead atoms. The molecular formula is C28H32N4O6S. The molecule has 2 aliphatic rings. The molecule has 1 fully saturated rings. The molecule has 206 valence electrons. The fourth-order valence-corrected chi connectivity index (χ4v) is 5.83. The lowest BCUT2D eigenvalue weighted by Crippen LogP contribution is -2.51. The number of methoxy groups -OCH3 is 1. The van der Waals surface area contributed by atoms with E-state index < -0.39 is 12.2 Å². The molecule has 11 heteroatoms. The number of aliphatic hydroxyl groups excluding tert-OH is 2. The number of nitrogens with zero attached hydrogens (tertiary/aromatic N) is 2. The maximum Gasteiger partial charge on any atom is 0.270 e. The molecule has 4 heterocycles. The summed E-state index contributed by atoms with van der Waals surface area (Å²) in [6.07, 6.45) is 3.30. The first-order chi connectivity index (χ1) is 18.9. The zero-order valence-electron chi connectivity index (χ0n) is 21.6. The number of aliphatic hydroxyl groups is 2. The lowest BCUT2D eigenvalue weighted by Gasteiger charge is -2.38. The second-order valence-corrected chi connectivity index (χ2v) is 10.8. The van der Waals surface area contributed by atoms with Gasteiger partial charge in [0, 0.05) is 11.8 Å². The number of anilines is 1. The Morgan fingerprint density at radius 1 is 1.31 bits per heavy atom. The van der Waals surface area contributed by atoms with E-state index in [0.29, 0.717) is 23.7 Å². The summed E-state index contributed by atoms with van der Waals surface area (Å²) in [6.45, 7) is -0.389. The third kappa shape index (κ3) is 6.50. The van der Waals surface area contributed by atoms with Crippen molar-refractivity contribution in [1.82, 2.24) is 15.3 Å². The Hall–Kier alpha value is -3.25. The lowest BCUT2D eigenvalue weighted by molar-refractivity contribution is -0.113. The molecule has 39 heavy (non-hydrogen) atoms. The molecular weight excluding hydrogens is 520 g/mol. The number of pyridine rings is 2. The number of hydrogen-bond donors (Lipinski definition) is 4. The van der Waals surface area contributed by atoms with Gasteiger partial charge >= 0.3 is 0 Å². The van der Waals surface area contributed by atoms with Crippen LogP contribution in [0.2, 0.25) is 0 Å². The number of hydrogen-bond acceptors (Lipinski definition) is 9. The summed E-state index contributed by atoms with van der Waals surface area (Å²) >= 11 is 1.38. The normalized spacial score (nSPS) is 21.6. The van der Waals surface area contributed by atoms with Crippen molar-refractivity contribution in [2.24, 2.45) is 0 Å². The van der Waals surface area contributed by atoms with E-state index in [4.69, 9.17) is 9.47 Å². The highest BCUT2D eigenvalue weighted by Gasteiger charge is 2.34. The first-order valence-corrected chi connectivity index (χ1v) is 14.0. The first-order valence-electron chi connectivity index (χ1n) is 13.0. The SMILES string of the molecule is COc1cnc2cccc(CC[C@@H]3CC[C@@H](NC(=O)c4ccc5c(n4)NC(=O)CS5)[C@@H](C[C@@H](O)CO)O3)c2c1. The number of rotatable bonds is 9. The van der Waals surface area contributed by atoms with Crippen molar-refractivity contribution in [2.75, 3.05) is 24.8 Å². The minimum absolute atomic E-state index is 0.0722. The number of carbonyl (C=O) groups excluding carboxylic acids is 2. The van der Waals surface area contributed by atoms with Crippen LogP contribution in [0, 0.1) is 0 Å². The zero-order valence-corrected chi connectivity index (χ0v) is 22.4. The number of aryl methyl sites for hydroxylation is 1. The number of carbonyl (C=O) groups is 2. The quantitative estimate of drug-likeness (QED) is 0.315. The van der Waals surface area contributed by atoms with Gasteiger partial charge in [-0.25, -0.2) is 4.98 Å². The third-order valence-corrected chi connectivity index (χ3v) is 8.16. The molecule has 1 saturated heterocycles. The van der Waals surface area contributed by atoms with Gasteiger partial charge in [-0.05, 0) is 55.5 Å². The van der Waals surface area contributed by atoms with Crippen LogP contribution in [0.25, 0.3) is 10.9 Å². The smallest absolute Gasteiger partial charge is 0.270 e. The fraction of sp³-hybridized carbons (Fsp3) is 0.429. The predicted molar refractivity (Wildman–Crippen MR) is 147 cm³/mol. The van der Waals surface area contributed by atoms with Gasteiger partial charge in [-0.15, -0.1) is 11.8 Å². The summed E-state index contributed by atoms with van der Waals surface area (Å²) < 4.78 is 11.7. The number of nitrogens with one attached hydrogen (secondary N) is 2. The molecule has 10 nitrogen and oxygen atoms in total. The van der Waals surface area contributed by atoms with Crippen molar-refractivity contribution in [3.63, 3.8) is 0 Å². The molecule has 0 radical (unpaired) electrons. The molecule has 0 unspecified atom stereocenters. The molecule has 0 spiro atoms. The van der Waals surface area contributed by atoms with Crippen molar-refractivity contribution in [2.45, 2.75) is 61.4 Å². The Kier molecular flexibility index (Phi) is 8.61. The standard InChI is InChI=1S/C28H32N4O6S/c1-37-19-12-20-16(3-2-4-21(20)29-13-19)5-6-18-7-8-22(24(38-18)11-17(34)14-33)31-28(36)23-9-10-25-27(30-23)32-26(35)15-39-25/h2-4,9-10,12-13,17-18,22,24,33-34H,5-8,11,14-15H2,1H3,(H,31,36)(H,30,32,35)/t17-,18-,22-,24-/m1/s1. The van der Waals surface area contributed by atoms with E-state index in [1.807, 2.05) is 18.2 Å². The summed E-state index contributed by atoms with van der Waals surface area (Å²) in [7, 11) is 1.62. The Morgan fingerprint density at radius 2 is 2.18 bits per heavy atom. The zero-order chi connectivity index (χ0) is 27.4. The Bertz CT molecular complexity index is 1350. The van der Waals surface area contributed by atoms with Gasteiger partial charge in [0.15, 0.2) is 0 Å². The maximum absolute atomic E-state index is 13.1. The molecule has 2 aliphatic heterocycles. The van der Waals surface area contributed by atoms with E-state index in [1.165, 1.54) is 11.8 Å². The number of thioether (sulfide) groups is 1. The van der Waals surface area contributed by atoms with Crippen molar-refractivity contribution >= 4 is 40.3 Å². The van der Waals surface area contributed by atoms with Crippen LogP contribution in [0.4, 0.5) is 5.82 Å². The first kappa shape index (κ1) is 27.3. The minimum atomic E-state index is -0.959. The van der Waals surface area contributed by atoms with Crippen LogP contribution in [0.3, 0.4) is 0 Å². The van der Waals surface area contributed by atoms with Gasteiger partial charge in [-0.3, -0.25) is 14.6 Å². The van der Waals surface area contributed by atoms with Gasteiger partial charge in [-0.1, -0.05) is 12.1 Å². The van der Waals surface area contributed by atoms with E-state index in [1.54, 1.807) is 25.4 Å². The monoisotopic (exact) mass is 552 g/mol. The summed E-state index contributed by atoms with van der Waals surface area (Å²) in [5.74, 6) is 0.880. The highest BCUT2D eigenvalue weighted by Crippen LogP contribution is 2.31. The third-order valence-electron chi connectivity index (χ3n) is 7.12. The average Bonchev–Trinajstić information content (AvgIpc) is 2.96. The van der Waals surface area contributed by atoms with Crippen LogP contribution < -0.4 is 15.4 Å².